The zero-order valence-corrected chi connectivity index (χ0v) is 11.4. The second-order valence-electron chi connectivity index (χ2n) is 3.57. The number of aromatic nitrogens is 1. The molecule has 96 valence electrons. The summed E-state index contributed by atoms with van der Waals surface area (Å²) >= 11 is 1.30. The SMILES string of the molecule is CCOC(C)CNc1nc(C)c(C(=O)OC)s1. The molecule has 0 aliphatic heterocycles. The van der Waals surface area contributed by atoms with Crippen LogP contribution in [0.15, 0.2) is 0 Å². The van der Waals surface area contributed by atoms with Gasteiger partial charge in [0.2, 0.25) is 0 Å². The summed E-state index contributed by atoms with van der Waals surface area (Å²) in [7, 11) is 1.37. The Hall–Kier alpha value is -1.14. The third-order valence-corrected chi connectivity index (χ3v) is 3.25. The van der Waals surface area contributed by atoms with Crippen molar-refractivity contribution in [1.82, 2.24) is 4.98 Å². The van der Waals surface area contributed by atoms with Gasteiger partial charge in [0.05, 0.1) is 18.9 Å². The van der Waals surface area contributed by atoms with Gasteiger partial charge in [0.15, 0.2) is 5.13 Å². The van der Waals surface area contributed by atoms with Crippen molar-refractivity contribution in [3.63, 3.8) is 0 Å². The molecule has 17 heavy (non-hydrogen) atoms. The maximum Gasteiger partial charge on any atom is 0.350 e. The lowest BCUT2D eigenvalue weighted by atomic mass is 10.4. The molecule has 1 unspecified atom stereocenters. The zero-order valence-electron chi connectivity index (χ0n) is 10.6. The quantitative estimate of drug-likeness (QED) is 0.792. The Bertz CT molecular complexity index is 379. The fraction of sp³-hybridized carbons (Fsp3) is 0.636. The molecule has 0 spiro atoms. The van der Waals surface area contributed by atoms with Crippen molar-refractivity contribution >= 4 is 22.4 Å². The van der Waals surface area contributed by atoms with Gasteiger partial charge in [-0.2, -0.15) is 0 Å². The van der Waals surface area contributed by atoms with Crippen LogP contribution in [0.4, 0.5) is 5.13 Å². The van der Waals surface area contributed by atoms with E-state index in [1.807, 2.05) is 13.8 Å². The normalized spacial score (nSPS) is 12.2. The van der Waals surface area contributed by atoms with Crippen molar-refractivity contribution in [2.24, 2.45) is 0 Å². The highest BCUT2D eigenvalue weighted by molar-refractivity contribution is 7.17. The number of nitrogens with one attached hydrogen (secondary N) is 1. The lowest BCUT2D eigenvalue weighted by Crippen LogP contribution is -2.19. The number of nitrogens with zero attached hydrogens (tertiary/aromatic N) is 1. The summed E-state index contributed by atoms with van der Waals surface area (Å²) in [5, 5.41) is 3.86. The Morgan fingerprint density at radius 1 is 1.59 bits per heavy atom. The molecule has 0 amide bonds. The van der Waals surface area contributed by atoms with Gasteiger partial charge in [-0.05, 0) is 20.8 Å². The second-order valence-corrected chi connectivity index (χ2v) is 4.57. The highest BCUT2D eigenvalue weighted by Gasteiger charge is 2.15. The minimum atomic E-state index is -0.342. The summed E-state index contributed by atoms with van der Waals surface area (Å²) in [5.41, 5.74) is 0.688. The van der Waals surface area contributed by atoms with Gasteiger partial charge in [0, 0.05) is 13.2 Å². The smallest absolute Gasteiger partial charge is 0.350 e. The Kier molecular flexibility index (Phi) is 5.37. The van der Waals surface area contributed by atoms with Crippen molar-refractivity contribution in [2.45, 2.75) is 26.9 Å². The van der Waals surface area contributed by atoms with Crippen LogP contribution in [-0.4, -0.2) is 37.3 Å². The molecule has 1 heterocycles. The molecule has 1 atom stereocenters. The van der Waals surface area contributed by atoms with Crippen LogP contribution >= 0.6 is 11.3 Å². The molecule has 1 N–H and O–H groups in total. The van der Waals surface area contributed by atoms with Gasteiger partial charge >= 0.3 is 5.97 Å². The largest absolute Gasteiger partial charge is 0.465 e. The van der Waals surface area contributed by atoms with Crippen LogP contribution in [0.25, 0.3) is 0 Å². The number of aryl methyl sites for hydroxylation is 1. The lowest BCUT2D eigenvalue weighted by Gasteiger charge is -2.11. The molecule has 6 heteroatoms. The van der Waals surface area contributed by atoms with Crippen LogP contribution in [0, 0.1) is 6.92 Å². The Morgan fingerprint density at radius 3 is 2.88 bits per heavy atom. The van der Waals surface area contributed by atoms with Gasteiger partial charge in [-0.25, -0.2) is 9.78 Å². The number of carbonyl (C=O) groups is 1. The molecule has 0 radical (unpaired) electrons. The zero-order chi connectivity index (χ0) is 12.8. The van der Waals surface area contributed by atoms with Crippen LogP contribution in [0.5, 0.6) is 0 Å². The number of anilines is 1. The number of methoxy groups -OCH3 is 1. The molecule has 5 nitrogen and oxygen atoms in total. The average Bonchev–Trinajstić information content (AvgIpc) is 2.67. The Morgan fingerprint density at radius 2 is 2.29 bits per heavy atom. The van der Waals surface area contributed by atoms with E-state index >= 15 is 0 Å². The molecular formula is C11H18N2O3S. The topological polar surface area (TPSA) is 60.5 Å². The molecule has 0 saturated heterocycles. The number of rotatable bonds is 6. The van der Waals surface area contributed by atoms with Gasteiger partial charge in [0.25, 0.3) is 0 Å². The maximum absolute atomic E-state index is 11.4. The van der Waals surface area contributed by atoms with Crippen LogP contribution in [0.3, 0.4) is 0 Å². The van der Waals surface area contributed by atoms with E-state index in [2.05, 4.69) is 15.0 Å². The van der Waals surface area contributed by atoms with Crippen molar-refractivity contribution in [3.05, 3.63) is 10.6 Å². The van der Waals surface area contributed by atoms with Crippen molar-refractivity contribution < 1.29 is 14.3 Å². The Balaban J connectivity index is 2.58. The second kappa shape index (κ2) is 6.56. The first-order chi connectivity index (χ1) is 8.08. The van der Waals surface area contributed by atoms with E-state index in [1.54, 1.807) is 6.92 Å². The number of esters is 1. The Labute approximate surface area is 105 Å². The highest BCUT2D eigenvalue weighted by atomic mass is 32.1. The summed E-state index contributed by atoms with van der Waals surface area (Å²) in [6, 6.07) is 0. The van der Waals surface area contributed by atoms with Crippen LogP contribution in [0.2, 0.25) is 0 Å². The number of thiazole rings is 1. The van der Waals surface area contributed by atoms with Gasteiger partial charge < -0.3 is 14.8 Å². The van der Waals surface area contributed by atoms with Crippen molar-refractivity contribution in [1.29, 1.82) is 0 Å². The van der Waals surface area contributed by atoms with Crippen LogP contribution in [-0.2, 0) is 9.47 Å². The number of ether oxygens (including phenoxy) is 2. The summed E-state index contributed by atoms with van der Waals surface area (Å²) in [4.78, 5) is 16.2. The fourth-order valence-electron chi connectivity index (χ4n) is 1.33. The molecule has 0 aliphatic rings. The summed E-state index contributed by atoms with van der Waals surface area (Å²) in [5.74, 6) is -0.342. The molecule has 1 rings (SSSR count). The van der Waals surface area contributed by atoms with E-state index in [4.69, 9.17) is 4.74 Å². The van der Waals surface area contributed by atoms with Crippen molar-refractivity contribution in [3.8, 4) is 0 Å². The predicted molar refractivity (Wildman–Crippen MR) is 67.8 cm³/mol. The molecule has 0 fully saturated rings. The van der Waals surface area contributed by atoms with Gasteiger partial charge in [-0.15, -0.1) is 0 Å². The third kappa shape index (κ3) is 3.98. The molecule has 0 bridgehead atoms. The molecule has 0 aliphatic carbocycles. The standard InChI is InChI=1S/C11H18N2O3S/c1-5-16-7(2)6-12-11-13-8(3)9(17-11)10(14)15-4/h7H,5-6H2,1-4H3,(H,12,13). The van der Waals surface area contributed by atoms with E-state index in [-0.39, 0.29) is 12.1 Å². The van der Waals surface area contributed by atoms with E-state index in [0.29, 0.717) is 23.7 Å². The first kappa shape index (κ1) is 13.9. The molecular weight excluding hydrogens is 240 g/mol. The average molecular weight is 258 g/mol. The molecule has 0 saturated carbocycles. The summed E-state index contributed by atoms with van der Waals surface area (Å²) in [6.07, 6.45) is 0.116. The minimum Gasteiger partial charge on any atom is -0.465 e. The van der Waals surface area contributed by atoms with E-state index in [0.717, 1.165) is 5.13 Å². The van der Waals surface area contributed by atoms with E-state index < -0.39 is 0 Å². The van der Waals surface area contributed by atoms with Crippen LogP contribution < -0.4 is 5.32 Å². The number of carbonyl (C=O) groups excluding carboxylic acids is 1. The number of hydrogen-bond acceptors (Lipinski definition) is 6. The van der Waals surface area contributed by atoms with Crippen LogP contribution in [0.1, 0.15) is 29.2 Å². The molecule has 1 aromatic rings. The van der Waals surface area contributed by atoms with Crippen molar-refractivity contribution in [2.75, 3.05) is 25.6 Å². The molecule has 1 aromatic heterocycles. The third-order valence-electron chi connectivity index (χ3n) is 2.16. The number of hydrogen-bond donors (Lipinski definition) is 1. The van der Waals surface area contributed by atoms with E-state index in [9.17, 15) is 4.79 Å². The first-order valence-electron chi connectivity index (χ1n) is 5.49. The summed E-state index contributed by atoms with van der Waals surface area (Å²) < 4.78 is 10.1. The maximum atomic E-state index is 11.4. The molecule has 0 aromatic carbocycles. The van der Waals surface area contributed by atoms with Gasteiger partial charge in [-0.3, -0.25) is 0 Å². The summed E-state index contributed by atoms with van der Waals surface area (Å²) in [6.45, 7) is 7.09. The van der Waals surface area contributed by atoms with Gasteiger partial charge in [0.1, 0.15) is 4.88 Å². The predicted octanol–water partition coefficient (Wildman–Crippen LogP) is 2.08. The van der Waals surface area contributed by atoms with E-state index in [1.165, 1.54) is 18.4 Å². The first-order valence-corrected chi connectivity index (χ1v) is 6.31. The fourth-order valence-corrected chi connectivity index (χ4v) is 2.22. The monoisotopic (exact) mass is 258 g/mol. The highest BCUT2D eigenvalue weighted by Crippen LogP contribution is 2.23. The minimum absolute atomic E-state index is 0.116. The lowest BCUT2D eigenvalue weighted by molar-refractivity contribution is 0.0605. The van der Waals surface area contributed by atoms with Gasteiger partial charge in [-0.1, -0.05) is 11.3 Å².